The molecule has 0 aromatic carbocycles. The van der Waals surface area contributed by atoms with Gasteiger partial charge in [-0.1, -0.05) is 33.6 Å². The van der Waals surface area contributed by atoms with E-state index in [4.69, 9.17) is 0 Å². The summed E-state index contributed by atoms with van der Waals surface area (Å²) in [4.78, 5) is 2.69. The third-order valence-electron chi connectivity index (χ3n) is 3.50. The highest BCUT2D eigenvalue weighted by molar-refractivity contribution is 4.82. The predicted molar refractivity (Wildman–Crippen MR) is 62.6 cm³/mol. The van der Waals surface area contributed by atoms with Gasteiger partial charge in [0.25, 0.3) is 0 Å². The molecular formula is C12H26N2. The second-order valence-corrected chi connectivity index (χ2v) is 4.55. The Morgan fingerprint density at radius 2 is 2.21 bits per heavy atom. The zero-order valence-corrected chi connectivity index (χ0v) is 10.1. The second kappa shape index (κ2) is 6.41. The first-order valence-electron chi connectivity index (χ1n) is 6.24. The number of rotatable bonds is 5. The molecule has 1 heterocycles. The maximum absolute atomic E-state index is 3.51. The number of nitrogens with one attached hydrogen (secondary N) is 1. The number of unbranched alkanes of at least 4 members (excludes halogenated alkanes) is 1. The number of hydrogen-bond acceptors (Lipinski definition) is 2. The summed E-state index contributed by atoms with van der Waals surface area (Å²) in [6.07, 6.45) is 3.97. The monoisotopic (exact) mass is 198 g/mol. The molecule has 1 saturated heterocycles. The molecule has 0 radical (unpaired) electrons. The van der Waals surface area contributed by atoms with Crippen molar-refractivity contribution in [2.24, 2.45) is 5.92 Å². The van der Waals surface area contributed by atoms with Crippen LogP contribution < -0.4 is 5.32 Å². The summed E-state index contributed by atoms with van der Waals surface area (Å²) >= 11 is 0. The summed E-state index contributed by atoms with van der Waals surface area (Å²) in [5.74, 6) is 0.833. The summed E-state index contributed by atoms with van der Waals surface area (Å²) in [5.41, 5.74) is 0. The lowest BCUT2D eigenvalue weighted by Gasteiger charge is -2.39. The summed E-state index contributed by atoms with van der Waals surface area (Å²) in [6.45, 7) is 11.9. The van der Waals surface area contributed by atoms with Gasteiger partial charge in [0.05, 0.1) is 0 Å². The van der Waals surface area contributed by atoms with E-state index < -0.39 is 0 Å². The van der Waals surface area contributed by atoms with Gasteiger partial charge < -0.3 is 5.32 Å². The molecule has 1 rings (SSSR count). The minimum atomic E-state index is 0.778. The molecule has 1 aliphatic heterocycles. The first-order valence-corrected chi connectivity index (χ1v) is 6.24. The first-order chi connectivity index (χ1) is 6.79. The largest absolute Gasteiger partial charge is 0.314 e. The lowest BCUT2D eigenvalue weighted by atomic mass is 9.96. The highest BCUT2D eigenvalue weighted by atomic mass is 15.2. The molecule has 2 unspecified atom stereocenters. The van der Waals surface area contributed by atoms with Crippen molar-refractivity contribution >= 4 is 0 Å². The summed E-state index contributed by atoms with van der Waals surface area (Å²) in [7, 11) is 0. The van der Waals surface area contributed by atoms with Crippen molar-refractivity contribution in [3.63, 3.8) is 0 Å². The van der Waals surface area contributed by atoms with Crippen molar-refractivity contribution in [1.29, 1.82) is 0 Å². The molecule has 0 bridgehead atoms. The highest BCUT2D eigenvalue weighted by Gasteiger charge is 2.25. The lowest BCUT2D eigenvalue weighted by Crippen LogP contribution is -2.54. The normalized spacial score (nSPS) is 26.4. The summed E-state index contributed by atoms with van der Waals surface area (Å²) in [5, 5.41) is 3.51. The Bertz CT molecular complexity index is 147. The highest BCUT2D eigenvalue weighted by Crippen LogP contribution is 2.16. The molecule has 0 aliphatic carbocycles. The molecule has 84 valence electrons. The Morgan fingerprint density at radius 1 is 1.43 bits per heavy atom. The van der Waals surface area contributed by atoms with Gasteiger partial charge in [0, 0.05) is 25.7 Å². The molecule has 0 spiro atoms. The van der Waals surface area contributed by atoms with Gasteiger partial charge in [-0.2, -0.15) is 0 Å². The van der Waals surface area contributed by atoms with E-state index in [2.05, 4.69) is 31.0 Å². The van der Waals surface area contributed by atoms with Gasteiger partial charge in [-0.3, -0.25) is 4.90 Å². The molecule has 1 aliphatic rings. The van der Waals surface area contributed by atoms with Gasteiger partial charge in [0.2, 0.25) is 0 Å². The lowest BCUT2D eigenvalue weighted by molar-refractivity contribution is 0.115. The molecule has 2 heteroatoms. The van der Waals surface area contributed by atoms with Crippen molar-refractivity contribution in [2.45, 2.75) is 46.1 Å². The summed E-state index contributed by atoms with van der Waals surface area (Å²) in [6, 6.07) is 0.778. The van der Waals surface area contributed by atoms with Crippen molar-refractivity contribution in [3.8, 4) is 0 Å². The number of hydrogen-bond donors (Lipinski definition) is 1. The third kappa shape index (κ3) is 3.25. The van der Waals surface area contributed by atoms with Crippen LogP contribution >= 0.6 is 0 Å². The quantitative estimate of drug-likeness (QED) is 0.728. The SMILES string of the molecule is CCCCN1CCNCC1C(C)CC. The fourth-order valence-corrected chi connectivity index (χ4v) is 2.24. The van der Waals surface area contributed by atoms with E-state index >= 15 is 0 Å². The van der Waals surface area contributed by atoms with E-state index in [1.165, 1.54) is 45.4 Å². The van der Waals surface area contributed by atoms with Crippen LogP contribution in [0.3, 0.4) is 0 Å². The smallest absolute Gasteiger partial charge is 0.0246 e. The third-order valence-corrected chi connectivity index (χ3v) is 3.50. The van der Waals surface area contributed by atoms with Crippen molar-refractivity contribution in [2.75, 3.05) is 26.2 Å². The fraction of sp³-hybridized carbons (Fsp3) is 1.00. The summed E-state index contributed by atoms with van der Waals surface area (Å²) < 4.78 is 0. The van der Waals surface area contributed by atoms with Crippen molar-refractivity contribution in [1.82, 2.24) is 10.2 Å². The van der Waals surface area contributed by atoms with E-state index in [0.717, 1.165) is 12.0 Å². The van der Waals surface area contributed by atoms with Crippen LogP contribution in [0, 0.1) is 5.92 Å². The zero-order chi connectivity index (χ0) is 10.4. The van der Waals surface area contributed by atoms with Gasteiger partial charge in [0.15, 0.2) is 0 Å². The van der Waals surface area contributed by atoms with Crippen LogP contribution in [-0.4, -0.2) is 37.1 Å². The Hall–Kier alpha value is -0.0800. The Morgan fingerprint density at radius 3 is 2.86 bits per heavy atom. The van der Waals surface area contributed by atoms with E-state index in [1.807, 2.05) is 0 Å². The van der Waals surface area contributed by atoms with Gasteiger partial charge in [0.1, 0.15) is 0 Å². The van der Waals surface area contributed by atoms with Crippen LogP contribution in [0.5, 0.6) is 0 Å². The maximum Gasteiger partial charge on any atom is 0.0246 e. The first kappa shape index (κ1) is 12.0. The number of nitrogens with zero attached hydrogens (tertiary/aromatic N) is 1. The molecule has 0 aromatic rings. The molecule has 2 nitrogen and oxygen atoms in total. The molecular weight excluding hydrogens is 172 g/mol. The Kier molecular flexibility index (Phi) is 5.49. The van der Waals surface area contributed by atoms with Gasteiger partial charge >= 0.3 is 0 Å². The zero-order valence-electron chi connectivity index (χ0n) is 10.1. The average Bonchev–Trinajstić information content (AvgIpc) is 2.25. The van der Waals surface area contributed by atoms with Crippen LogP contribution in [0.1, 0.15) is 40.0 Å². The standard InChI is InChI=1S/C12H26N2/c1-4-6-8-14-9-7-13-10-12(14)11(3)5-2/h11-13H,4-10H2,1-3H3. The van der Waals surface area contributed by atoms with Crippen molar-refractivity contribution in [3.05, 3.63) is 0 Å². The van der Waals surface area contributed by atoms with E-state index in [-0.39, 0.29) is 0 Å². The van der Waals surface area contributed by atoms with E-state index in [9.17, 15) is 0 Å². The molecule has 2 atom stereocenters. The van der Waals surface area contributed by atoms with E-state index in [1.54, 1.807) is 0 Å². The molecule has 0 amide bonds. The van der Waals surface area contributed by atoms with Crippen LogP contribution in [0.4, 0.5) is 0 Å². The van der Waals surface area contributed by atoms with E-state index in [0.29, 0.717) is 0 Å². The molecule has 14 heavy (non-hydrogen) atoms. The minimum Gasteiger partial charge on any atom is -0.314 e. The van der Waals surface area contributed by atoms with Crippen molar-refractivity contribution < 1.29 is 0 Å². The maximum atomic E-state index is 3.51. The fourth-order valence-electron chi connectivity index (χ4n) is 2.24. The number of piperazine rings is 1. The van der Waals surface area contributed by atoms with Gasteiger partial charge in [-0.05, 0) is 18.9 Å². The van der Waals surface area contributed by atoms with Crippen LogP contribution in [0.25, 0.3) is 0 Å². The molecule has 0 saturated carbocycles. The second-order valence-electron chi connectivity index (χ2n) is 4.55. The van der Waals surface area contributed by atoms with Gasteiger partial charge in [-0.15, -0.1) is 0 Å². The van der Waals surface area contributed by atoms with Crippen LogP contribution in [0.2, 0.25) is 0 Å². The molecule has 1 N–H and O–H groups in total. The molecule has 0 aromatic heterocycles. The Labute approximate surface area is 89.1 Å². The minimum absolute atomic E-state index is 0.778. The molecule has 1 fully saturated rings. The predicted octanol–water partition coefficient (Wildman–Crippen LogP) is 2.11. The Balaban J connectivity index is 2.41. The van der Waals surface area contributed by atoms with Crippen LogP contribution in [0.15, 0.2) is 0 Å². The average molecular weight is 198 g/mol. The topological polar surface area (TPSA) is 15.3 Å². The van der Waals surface area contributed by atoms with Gasteiger partial charge in [-0.25, -0.2) is 0 Å². The van der Waals surface area contributed by atoms with Crippen LogP contribution in [-0.2, 0) is 0 Å².